The van der Waals surface area contributed by atoms with Crippen LogP contribution in [0, 0.1) is 6.92 Å². The Kier molecular flexibility index (Phi) is 4.85. The van der Waals surface area contributed by atoms with Crippen LogP contribution in [0.2, 0.25) is 0 Å². The number of hydrogen-bond donors (Lipinski definition) is 1. The molecule has 1 atom stereocenters. The molecular formula is C16H22N4O2S. The fourth-order valence-electron chi connectivity index (χ4n) is 2.81. The number of benzene rings is 1. The number of rotatable bonds is 5. The summed E-state index contributed by atoms with van der Waals surface area (Å²) in [4.78, 5) is 2.31. The van der Waals surface area contributed by atoms with Crippen molar-refractivity contribution in [3.63, 3.8) is 0 Å². The highest BCUT2D eigenvalue weighted by Crippen LogP contribution is 2.28. The average molecular weight is 334 g/mol. The van der Waals surface area contributed by atoms with E-state index in [1.54, 1.807) is 25.6 Å². The van der Waals surface area contributed by atoms with E-state index < -0.39 is 0 Å². The van der Waals surface area contributed by atoms with Gasteiger partial charge in [0.1, 0.15) is 16.5 Å². The lowest BCUT2D eigenvalue weighted by Gasteiger charge is -2.33. The van der Waals surface area contributed by atoms with Gasteiger partial charge in [0.05, 0.1) is 14.2 Å². The Morgan fingerprint density at radius 1 is 1.17 bits per heavy atom. The van der Waals surface area contributed by atoms with Crippen LogP contribution in [0.25, 0.3) is 0 Å². The molecule has 6 nitrogen and oxygen atoms in total. The molecule has 1 aromatic carbocycles. The lowest BCUT2D eigenvalue weighted by Crippen LogP contribution is -2.42. The van der Waals surface area contributed by atoms with E-state index in [0.29, 0.717) is 6.04 Å². The standard InChI is InChI=1S/C16H22N4O2S/c1-11-18-19-16(23-11)20-6-4-5-12(10-20)17-13-7-14(21-2)9-15(8-13)22-3/h7-9,12,17H,4-6,10H2,1-3H3/t12-/m0/s1. The van der Waals surface area contributed by atoms with Gasteiger partial charge in [0.2, 0.25) is 5.13 Å². The van der Waals surface area contributed by atoms with Crippen LogP contribution in [0.15, 0.2) is 18.2 Å². The Hall–Kier alpha value is -2.02. The first-order chi connectivity index (χ1) is 11.2. The molecule has 124 valence electrons. The van der Waals surface area contributed by atoms with Gasteiger partial charge in [-0.2, -0.15) is 0 Å². The molecule has 0 aliphatic carbocycles. The Morgan fingerprint density at radius 3 is 2.52 bits per heavy atom. The predicted molar refractivity (Wildman–Crippen MR) is 93.0 cm³/mol. The SMILES string of the molecule is COc1cc(N[C@H]2CCCN(c3nnc(C)s3)C2)cc(OC)c1. The van der Waals surface area contributed by atoms with Crippen molar-refractivity contribution in [2.75, 3.05) is 37.5 Å². The Bertz CT molecular complexity index is 639. The molecule has 1 aromatic heterocycles. The topological polar surface area (TPSA) is 59.5 Å². The van der Waals surface area contributed by atoms with Gasteiger partial charge in [-0.25, -0.2) is 0 Å². The summed E-state index contributed by atoms with van der Waals surface area (Å²) in [7, 11) is 3.33. The van der Waals surface area contributed by atoms with Crippen LogP contribution in [0.3, 0.4) is 0 Å². The average Bonchev–Trinajstić information content (AvgIpc) is 3.01. The third-order valence-corrected chi connectivity index (χ3v) is 4.83. The highest BCUT2D eigenvalue weighted by Gasteiger charge is 2.22. The number of hydrogen-bond acceptors (Lipinski definition) is 7. The minimum absolute atomic E-state index is 0.366. The monoisotopic (exact) mass is 334 g/mol. The first kappa shape index (κ1) is 15.9. The van der Waals surface area contributed by atoms with Crippen molar-refractivity contribution in [2.24, 2.45) is 0 Å². The van der Waals surface area contributed by atoms with Gasteiger partial charge in [0.25, 0.3) is 0 Å². The summed E-state index contributed by atoms with van der Waals surface area (Å²) in [6.07, 6.45) is 2.27. The molecule has 0 amide bonds. The second-order valence-corrected chi connectivity index (χ2v) is 6.79. The van der Waals surface area contributed by atoms with Gasteiger partial charge in [-0.3, -0.25) is 0 Å². The molecule has 0 spiro atoms. The highest BCUT2D eigenvalue weighted by molar-refractivity contribution is 7.15. The Morgan fingerprint density at radius 2 is 1.91 bits per heavy atom. The van der Waals surface area contributed by atoms with Gasteiger partial charge in [-0.05, 0) is 19.8 Å². The van der Waals surface area contributed by atoms with Gasteiger partial charge < -0.3 is 19.7 Å². The van der Waals surface area contributed by atoms with E-state index in [-0.39, 0.29) is 0 Å². The van der Waals surface area contributed by atoms with Crippen LogP contribution in [0.5, 0.6) is 11.5 Å². The lowest BCUT2D eigenvalue weighted by molar-refractivity contribution is 0.394. The molecule has 1 aliphatic heterocycles. The third-order valence-electron chi connectivity index (χ3n) is 3.93. The van der Waals surface area contributed by atoms with Gasteiger partial charge in [0, 0.05) is 43.0 Å². The van der Waals surface area contributed by atoms with Crippen molar-refractivity contribution in [3.05, 3.63) is 23.2 Å². The molecule has 7 heteroatoms. The molecule has 0 unspecified atom stereocenters. The smallest absolute Gasteiger partial charge is 0.208 e. The zero-order valence-electron chi connectivity index (χ0n) is 13.7. The number of ether oxygens (including phenoxy) is 2. The zero-order chi connectivity index (χ0) is 16.2. The van der Waals surface area contributed by atoms with E-state index in [9.17, 15) is 0 Å². The van der Waals surface area contributed by atoms with Crippen LogP contribution in [0.1, 0.15) is 17.8 Å². The number of methoxy groups -OCH3 is 2. The van der Waals surface area contributed by atoms with E-state index in [0.717, 1.165) is 53.3 Å². The molecule has 1 aliphatic rings. The fraction of sp³-hybridized carbons (Fsp3) is 0.500. The lowest BCUT2D eigenvalue weighted by atomic mass is 10.1. The quantitative estimate of drug-likeness (QED) is 0.907. The summed E-state index contributed by atoms with van der Waals surface area (Å²) < 4.78 is 10.7. The Labute approximate surface area is 140 Å². The van der Waals surface area contributed by atoms with Crippen LogP contribution in [0.4, 0.5) is 10.8 Å². The van der Waals surface area contributed by atoms with E-state index in [4.69, 9.17) is 9.47 Å². The predicted octanol–water partition coefficient (Wildman–Crippen LogP) is 2.94. The number of anilines is 2. The van der Waals surface area contributed by atoms with E-state index in [1.807, 2.05) is 25.1 Å². The van der Waals surface area contributed by atoms with Crippen LogP contribution < -0.4 is 19.7 Å². The van der Waals surface area contributed by atoms with Crippen molar-refractivity contribution in [3.8, 4) is 11.5 Å². The normalized spacial score (nSPS) is 17.9. The second-order valence-electron chi connectivity index (χ2n) is 5.63. The van der Waals surface area contributed by atoms with Crippen molar-refractivity contribution in [1.29, 1.82) is 0 Å². The summed E-state index contributed by atoms with van der Waals surface area (Å²) in [5, 5.41) is 14.0. The van der Waals surface area contributed by atoms with Crippen molar-refractivity contribution >= 4 is 22.2 Å². The van der Waals surface area contributed by atoms with Gasteiger partial charge in [-0.1, -0.05) is 11.3 Å². The molecular weight excluding hydrogens is 312 g/mol. The van der Waals surface area contributed by atoms with Gasteiger partial charge >= 0.3 is 0 Å². The van der Waals surface area contributed by atoms with E-state index in [1.165, 1.54) is 0 Å². The number of aromatic nitrogens is 2. The fourth-order valence-corrected chi connectivity index (χ4v) is 3.53. The molecule has 0 saturated carbocycles. The number of nitrogens with zero attached hydrogens (tertiary/aromatic N) is 3. The minimum Gasteiger partial charge on any atom is -0.497 e. The molecule has 2 aromatic rings. The molecule has 0 bridgehead atoms. The molecule has 1 fully saturated rings. The van der Waals surface area contributed by atoms with E-state index >= 15 is 0 Å². The maximum absolute atomic E-state index is 5.33. The third kappa shape index (κ3) is 3.85. The van der Waals surface area contributed by atoms with Crippen LogP contribution in [-0.2, 0) is 0 Å². The molecule has 0 radical (unpaired) electrons. The molecule has 1 N–H and O–H groups in total. The summed E-state index contributed by atoms with van der Waals surface area (Å²) in [6, 6.07) is 6.24. The number of aryl methyl sites for hydroxylation is 1. The molecule has 2 heterocycles. The summed E-state index contributed by atoms with van der Waals surface area (Å²) in [6.45, 7) is 3.95. The van der Waals surface area contributed by atoms with Crippen molar-refractivity contribution in [2.45, 2.75) is 25.8 Å². The molecule has 3 rings (SSSR count). The first-order valence-electron chi connectivity index (χ1n) is 7.72. The maximum atomic E-state index is 5.33. The van der Waals surface area contributed by atoms with Crippen LogP contribution >= 0.6 is 11.3 Å². The number of nitrogens with one attached hydrogen (secondary N) is 1. The van der Waals surface area contributed by atoms with Crippen LogP contribution in [-0.4, -0.2) is 43.5 Å². The summed E-state index contributed by atoms with van der Waals surface area (Å²) in [5.74, 6) is 1.58. The van der Waals surface area contributed by atoms with Gasteiger partial charge in [0.15, 0.2) is 0 Å². The summed E-state index contributed by atoms with van der Waals surface area (Å²) >= 11 is 1.65. The first-order valence-corrected chi connectivity index (χ1v) is 8.54. The van der Waals surface area contributed by atoms with Crippen molar-refractivity contribution in [1.82, 2.24) is 10.2 Å². The highest BCUT2D eigenvalue weighted by atomic mass is 32.1. The Balaban J connectivity index is 1.70. The minimum atomic E-state index is 0.366. The summed E-state index contributed by atoms with van der Waals surface area (Å²) in [5.41, 5.74) is 1.02. The van der Waals surface area contributed by atoms with E-state index in [2.05, 4.69) is 20.4 Å². The van der Waals surface area contributed by atoms with Gasteiger partial charge in [-0.15, -0.1) is 10.2 Å². The molecule has 23 heavy (non-hydrogen) atoms. The maximum Gasteiger partial charge on any atom is 0.208 e. The zero-order valence-corrected chi connectivity index (χ0v) is 14.5. The molecule has 1 saturated heterocycles. The van der Waals surface area contributed by atoms with Crippen molar-refractivity contribution < 1.29 is 9.47 Å². The number of piperidine rings is 1. The largest absolute Gasteiger partial charge is 0.497 e. The second kappa shape index (κ2) is 7.04.